The van der Waals surface area contributed by atoms with Gasteiger partial charge in [-0.2, -0.15) is 0 Å². The Kier molecular flexibility index (Phi) is 7.15. The van der Waals surface area contributed by atoms with Gasteiger partial charge in [-0.1, -0.05) is 18.2 Å². The van der Waals surface area contributed by atoms with E-state index in [4.69, 9.17) is 14.2 Å². The van der Waals surface area contributed by atoms with Crippen LogP contribution in [0.15, 0.2) is 72.8 Å². The minimum absolute atomic E-state index is 0.240. The molecule has 0 radical (unpaired) electrons. The summed E-state index contributed by atoms with van der Waals surface area (Å²) in [5, 5.41) is 8.28. The molecule has 0 spiro atoms. The van der Waals surface area contributed by atoms with Crippen LogP contribution in [-0.2, 0) is 14.4 Å². The molecule has 9 heteroatoms. The molecule has 0 saturated carbocycles. The molecule has 1 aliphatic rings. The lowest BCUT2D eigenvalue weighted by Crippen LogP contribution is -2.31. The fourth-order valence-electron chi connectivity index (χ4n) is 3.31. The van der Waals surface area contributed by atoms with Gasteiger partial charge in [0.2, 0.25) is 0 Å². The van der Waals surface area contributed by atoms with Gasteiger partial charge < -0.3 is 30.2 Å². The molecule has 2 atom stereocenters. The Bertz CT molecular complexity index is 1250. The number of nitrogens with one attached hydrogen (secondary N) is 3. The fraction of sp³-hybridized carbons (Fsp3) is 0.192. The van der Waals surface area contributed by atoms with Crippen molar-refractivity contribution in [2.45, 2.75) is 26.1 Å². The normalized spacial score (nSPS) is 18.9. The highest BCUT2D eigenvalue weighted by molar-refractivity contribution is 5.95. The van der Waals surface area contributed by atoms with Gasteiger partial charge in [0, 0.05) is 35.3 Å². The van der Waals surface area contributed by atoms with E-state index in [2.05, 4.69) is 16.0 Å². The van der Waals surface area contributed by atoms with Crippen LogP contribution >= 0.6 is 0 Å². The zero-order valence-electron chi connectivity index (χ0n) is 19.2. The monoisotopic (exact) mass is 475 g/mol. The van der Waals surface area contributed by atoms with Gasteiger partial charge in [-0.25, -0.2) is 0 Å². The molecule has 0 aliphatic carbocycles. The Balaban J connectivity index is 1.60. The molecule has 0 saturated heterocycles. The van der Waals surface area contributed by atoms with E-state index in [9.17, 15) is 14.4 Å². The highest BCUT2D eigenvalue weighted by Crippen LogP contribution is 2.23. The number of fused-ring (bicyclic) bond motifs is 6. The Morgan fingerprint density at radius 3 is 1.57 bits per heavy atom. The predicted molar refractivity (Wildman–Crippen MR) is 131 cm³/mol. The third-order valence-corrected chi connectivity index (χ3v) is 5.06. The molecule has 0 fully saturated rings. The zero-order valence-corrected chi connectivity index (χ0v) is 19.2. The molecule has 9 nitrogen and oxygen atoms in total. The van der Waals surface area contributed by atoms with Crippen molar-refractivity contribution in [1.82, 2.24) is 0 Å². The maximum atomic E-state index is 12.7. The van der Waals surface area contributed by atoms with E-state index in [1.54, 1.807) is 86.6 Å². The highest BCUT2D eigenvalue weighted by Gasteiger charge is 2.18. The molecule has 1 unspecified atom stereocenters. The number of ether oxygens (including phenoxy) is 3. The van der Waals surface area contributed by atoms with Gasteiger partial charge in [0.15, 0.2) is 18.8 Å². The van der Waals surface area contributed by atoms with Crippen LogP contribution in [0.1, 0.15) is 13.8 Å². The lowest BCUT2D eigenvalue weighted by atomic mass is 10.2. The van der Waals surface area contributed by atoms with Crippen LogP contribution in [0.2, 0.25) is 0 Å². The highest BCUT2D eigenvalue weighted by atomic mass is 16.5. The quantitative estimate of drug-likeness (QED) is 0.455. The average molecular weight is 476 g/mol. The molecule has 35 heavy (non-hydrogen) atoms. The Labute approximate surface area is 202 Å². The number of hydrogen-bond donors (Lipinski definition) is 3. The number of hydrogen-bond acceptors (Lipinski definition) is 6. The number of carbonyl (C=O) groups excluding carboxylic acids is 3. The van der Waals surface area contributed by atoms with Crippen molar-refractivity contribution in [3.05, 3.63) is 72.8 Å². The first-order valence-electron chi connectivity index (χ1n) is 11.0. The van der Waals surface area contributed by atoms with Gasteiger partial charge in [-0.15, -0.1) is 0 Å². The zero-order chi connectivity index (χ0) is 24.8. The first-order chi connectivity index (χ1) is 16.9. The van der Waals surface area contributed by atoms with Crippen molar-refractivity contribution in [2.75, 3.05) is 22.6 Å². The number of benzene rings is 3. The number of rotatable bonds is 0. The van der Waals surface area contributed by atoms with Gasteiger partial charge in [0.25, 0.3) is 17.7 Å². The Morgan fingerprint density at radius 1 is 0.629 bits per heavy atom. The third kappa shape index (κ3) is 6.50. The molecular formula is C26H25N3O6. The summed E-state index contributed by atoms with van der Waals surface area (Å²) in [5.41, 5.74) is 1.48. The van der Waals surface area contributed by atoms with Crippen molar-refractivity contribution >= 4 is 34.8 Å². The molecule has 1 heterocycles. The van der Waals surface area contributed by atoms with Gasteiger partial charge in [0.05, 0.1) is 0 Å². The van der Waals surface area contributed by atoms with Crippen LogP contribution in [0.25, 0.3) is 0 Å². The molecule has 3 N–H and O–H groups in total. The predicted octanol–water partition coefficient (Wildman–Crippen LogP) is 3.83. The van der Waals surface area contributed by atoms with E-state index >= 15 is 0 Å². The van der Waals surface area contributed by atoms with Crippen LogP contribution < -0.4 is 30.2 Å². The van der Waals surface area contributed by atoms with Gasteiger partial charge in [-0.05, 0) is 50.2 Å². The summed E-state index contributed by atoms with van der Waals surface area (Å²) in [7, 11) is 0. The van der Waals surface area contributed by atoms with Gasteiger partial charge in [0.1, 0.15) is 17.2 Å². The topological polar surface area (TPSA) is 115 Å². The van der Waals surface area contributed by atoms with Crippen molar-refractivity contribution in [3.8, 4) is 17.2 Å². The van der Waals surface area contributed by atoms with Crippen LogP contribution in [0.5, 0.6) is 17.2 Å². The Hall–Kier alpha value is -4.53. The molecule has 6 bridgehead atoms. The minimum atomic E-state index is -0.820. The number of amides is 3. The molecule has 180 valence electrons. The molecule has 1 aliphatic heterocycles. The second kappa shape index (κ2) is 10.6. The summed E-state index contributed by atoms with van der Waals surface area (Å²) in [6, 6.07) is 20.2. The van der Waals surface area contributed by atoms with Crippen molar-refractivity contribution in [2.24, 2.45) is 0 Å². The number of anilines is 3. The van der Waals surface area contributed by atoms with E-state index in [-0.39, 0.29) is 24.3 Å². The first kappa shape index (κ1) is 23.6. The van der Waals surface area contributed by atoms with E-state index in [1.807, 2.05) is 0 Å². The van der Waals surface area contributed by atoms with Gasteiger partial charge in [-0.3, -0.25) is 14.4 Å². The minimum Gasteiger partial charge on any atom is -0.484 e. The van der Waals surface area contributed by atoms with Crippen molar-refractivity contribution < 1.29 is 28.6 Å². The molecule has 3 aromatic carbocycles. The SMILES string of the molecule is CC1Oc2cccc(c2)NC(=O)COc2cccc(c2)NC(=O)[C@H](C)Oc2cccc(c2)NC1=O. The van der Waals surface area contributed by atoms with Crippen molar-refractivity contribution in [3.63, 3.8) is 0 Å². The van der Waals surface area contributed by atoms with Crippen LogP contribution in [-0.4, -0.2) is 36.5 Å². The summed E-state index contributed by atoms with van der Waals surface area (Å²) in [6.45, 7) is 2.99. The summed E-state index contributed by atoms with van der Waals surface area (Å²) >= 11 is 0. The lowest BCUT2D eigenvalue weighted by molar-refractivity contribution is -0.122. The van der Waals surface area contributed by atoms with E-state index in [1.165, 1.54) is 0 Å². The Morgan fingerprint density at radius 2 is 1.06 bits per heavy atom. The maximum absolute atomic E-state index is 12.7. The molecule has 3 amide bonds. The van der Waals surface area contributed by atoms with Crippen molar-refractivity contribution in [1.29, 1.82) is 0 Å². The largest absolute Gasteiger partial charge is 0.484 e. The molecule has 3 aromatic rings. The summed E-state index contributed by atoms with van der Waals surface area (Å²) in [6.07, 6.45) is -1.64. The van der Waals surface area contributed by atoms with Crippen LogP contribution in [0, 0.1) is 0 Å². The van der Waals surface area contributed by atoms with E-state index < -0.39 is 12.2 Å². The smallest absolute Gasteiger partial charge is 0.265 e. The lowest BCUT2D eigenvalue weighted by Gasteiger charge is -2.17. The van der Waals surface area contributed by atoms with E-state index in [0.717, 1.165) is 0 Å². The van der Waals surface area contributed by atoms with Gasteiger partial charge >= 0.3 is 0 Å². The first-order valence-corrected chi connectivity index (χ1v) is 11.0. The van der Waals surface area contributed by atoms with E-state index in [0.29, 0.717) is 34.3 Å². The second-order valence-corrected chi connectivity index (χ2v) is 7.92. The average Bonchev–Trinajstić information content (AvgIpc) is 2.83. The van der Waals surface area contributed by atoms with Crippen LogP contribution in [0.3, 0.4) is 0 Å². The molecular weight excluding hydrogens is 450 g/mol. The maximum Gasteiger partial charge on any atom is 0.265 e. The summed E-state index contributed by atoms with van der Waals surface area (Å²) in [5.74, 6) is 0.123. The van der Waals surface area contributed by atoms with Crippen LogP contribution in [0.4, 0.5) is 17.1 Å². The second-order valence-electron chi connectivity index (χ2n) is 7.92. The fourth-order valence-corrected chi connectivity index (χ4v) is 3.31. The third-order valence-electron chi connectivity index (χ3n) is 5.06. The molecule has 4 rings (SSSR count). The summed E-state index contributed by atoms with van der Waals surface area (Å²) in [4.78, 5) is 37.7. The molecule has 0 aromatic heterocycles. The number of carbonyl (C=O) groups is 3. The summed E-state index contributed by atoms with van der Waals surface area (Å²) < 4.78 is 17.1. The standard InChI is InChI=1S/C26H25N3O6/c1-16-25(31)28-19-7-3-9-21(12-19)33-15-24(30)27-18-6-4-10-22(13-18)34-17(2)26(32)29-20-8-5-11-23(14-20)35-16/h3-14,16-17H,15H2,1-2H3,(H,27,30)(H,28,31)(H,29,32)/t16-,17?/m0/s1.